The summed E-state index contributed by atoms with van der Waals surface area (Å²) in [5, 5.41) is 6.33. The third-order valence-corrected chi connectivity index (χ3v) is 5.12. The Hall–Kier alpha value is -1.79. The number of halogens is 1. The van der Waals surface area contributed by atoms with Gasteiger partial charge in [0.05, 0.1) is 11.6 Å². The van der Waals surface area contributed by atoms with Gasteiger partial charge in [0.15, 0.2) is 0 Å². The van der Waals surface area contributed by atoms with E-state index in [-0.39, 0.29) is 17.9 Å². The van der Waals surface area contributed by atoms with Gasteiger partial charge in [0.1, 0.15) is 12.4 Å². The van der Waals surface area contributed by atoms with Gasteiger partial charge in [-0.1, -0.05) is 23.7 Å². The standard InChI is InChI=1S/C19H28ClN3O3/c1-13-5-4-6-17(20)19(13)26-10-9-21-18(25)11-15-7-8-16(23(15)3)12-22-14(2)24/h4-6,15-16H,7-12H2,1-3H3,(H,21,25)(H,22,24)/t15-,16+/m0/s1. The molecule has 26 heavy (non-hydrogen) atoms. The molecular formula is C19H28ClN3O3. The molecular weight excluding hydrogens is 354 g/mol. The Morgan fingerprint density at radius 3 is 2.69 bits per heavy atom. The maximum Gasteiger partial charge on any atom is 0.221 e. The summed E-state index contributed by atoms with van der Waals surface area (Å²) in [6.45, 7) is 4.91. The minimum atomic E-state index is -0.0200. The summed E-state index contributed by atoms with van der Waals surface area (Å²) in [5.74, 6) is 0.662. The second-order valence-corrected chi connectivity index (χ2v) is 7.18. The van der Waals surface area contributed by atoms with E-state index in [1.807, 2.05) is 26.1 Å². The average Bonchev–Trinajstić information content (AvgIpc) is 2.92. The first-order valence-electron chi connectivity index (χ1n) is 8.99. The predicted octanol–water partition coefficient (Wildman–Crippen LogP) is 2.13. The first-order chi connectivity index (χ1) is 12.4. The van der Waals surface area contributed by atoms with Crippen LogP contribution in [0.4, 0.5) is 0 Å². The van der Waals surface area contributed by atoms with Gasteiger partial charge in [-0.2, -0.15) is 0 Å². The molecule has 0 unspecified atom stereocenters. The molecule has 2 atom stereocenters. The largest absolute Gasteiger partial charge is 0.490 e. The van der Waals surface area contributed by atoms with Crippen LogP contribution in [0.15, 0.2) is 18.2 Å². The first kappa shape index (κ1) is 20.5. The fourth-order valence-electron chi connectivity index (χ4n) is 3.27. The third-order valence-electron chi connectivity index (χ3n) is 4.83. The van der Waals surface area contributed by atoms with Crippen molar-refractivity contribution in [1.29, 1.82) is 0 Å². The van der Waals surface area contributed by atoms with Crippen LogP contribution in [-0.2, 0) is 9.59 Å². The van der Waals surface area contributed by atoms with Crippen LogP contribution in [0.5, 0.6) is 5.75 Å². The Morgan fingerprint density at radius 1 is 1.27 bits per heavy atom. The molecule has 1 aromatic carbocycles. The minimum Gasteiger partial charge on any atom is -0.490 e. The van der Waals surface area contributed by atoms with Crippen molar-refractivity contribution < 1.29 is 14.3 Å². The smallest absolute Gasteiger partial charge is 0.221 e. The summed E-state index contributed by atoms with van der Waals surface area (Å²) in [6.07, 6.45) is 2.41. The van der Waals surface area contributed by atoms with Gasteiger partial charge >= 0.3 is 0 Å². The van der Waals surface area contributed by atoms with Crippen LogP contribution in [0.1, 0.15) is 31.7 Å². The van der Waals surface area contributed by atoms with Crippen molar-refractivity contribution in [3.05, 3.63) is 28.8 Å². The molecule has 7 heteroatoms. The molecule has 144 valence electrons. The van der Waals surface area contributed by atoms with E-state index < -0.39 is 0 Å². The van der Waals surface area contributed by atoms with Gasteiger partial charge in [-0.25, -0.2) is 0 Å². The number of rotatable bonds is 8. The van der Waals surface area contributed by atoms with Gasteiger partial charge in [0.25, 0.3) is 0 Å². The number of benzene rings is 1. The van der Waals surface area contributed by atoms with E-state index in [2.05, 4.69) is 15.5 Å². The summed E-state index contributed by atoms with van der Waals surface area (Å²) >= 11 is 6.12. The number of carbonyl (C=O) groups is 2. The summed E-state index contributed by atoms with van der Waals surface area (Å²) in [5.41, 5.74) is 0.974. The molecule has 1 aliphatic heterocycles. The molecule has 6 nitrogen and oxygen atoms in total. The lowest BCUT2D eigenvalue weighted by atomic mass is 10.1. The number of nitrogens with zero attached hydrogens (tertiary/aromatic N) is 1. The number of amides is 2. The van der Waals surface area contributed by atoms with Crippen molar-refractivity contribution in [2.24, 2.45) is 0 Å². The van der Waals surface area contributed by atoms with E-state index in [1.165, 1.54) is 6.92 Å². The zero-order valence-corrected chi connectivity index (χ0v) is 16.4. The van der Waals surface area contributed by atoms with Gasteiger partial charge in [-0.3, -0.25) is 14.5 Å². The van der Waals surface area contributed by atoms with Crippen molar-refractivity contribution in [2.45, 2.75) is 45.2 Å². The number of ether oxygens (including phenoxy) is 1. The van der Waals surface area contributed by atoms with Crippen molar-refractivity contribution in [3.8, 4) is 5.75 Å². The van der Waals surface area contributed by atoms with Crippen molar-refractivity contribution in [2.75, 3.05) is 26.7 Å². The number of hydrogen-bond acceptors (Lipinski definition) is 4. The lowest BCUT2D eigenvalue weighted by Gasteiger charge is -2.25. The van der Waals surface area contributed by atoms with Gasteiger partial charge in [0.2, 0.25) is 11.8 Å². The predicted molar refractivity (Wildman–Crippen MR) is 103 cm³/mol. The van der Waals surface area contributed by atoms with E-state index in [9.17, 15) is 9.59 Å². The number of aryl methyl sites for hydroxylation is 1. The molecule has 2 amide bonds. The highest BCUT2D eigenvalue weighted by atomic mass is 35.5. The summed E-state index contributed by atoms with van der Waals surface area (Å²) in [4.78, 5) is 25.4. The quantitative estimate of drug-likeness (QED) is 0.677. The van der Waals surface area contributed by atoms with Gasteiger partial charge in [-0.05, 0) is 38.4 Å². The van der Waals surface area contributed by atoms with Crippen molar-refractivity contribution in [1.82, 2.24) is 15.5 Å². The van der Waals surface area contributed by atoms with E-state index in [1.54, 1.807) is 6.07 Å². The van der Waals surface area contributed by atoms with Crippen LogP contribution in [0.25, 0.3) is 0 Å². The Morgan fingerprint density at radius 2 is 2.00 bits per heavy atom. The van der Waals surface area contributed by atoms with E-state index in [4.69, 9.17) is 16.3 Å². The Labute approximate surface area is 160 Å². The second kappa shape index (κ2) is 9.78. The number of likely N-dealkylation sites (N-methyl/N-ethyl adjacent to an activating group) is 1. The van der Waals surface area contributed by atoms with E-state index in [0.29, 0.717) is 42.9 Å². The molecule has 1 aliphatic rings. The van der Waals surface area contributed by atoms with E-state index in [0.717, 1.165) is 18.4 Å². The highest BCUT2D eigenvalue weighted by Crippen LogP contribution is 2.27. The monoisotopic (exact) mass is 381 g/mol. The summed E-state index contributed by atoms with van der Waals surface area (Å²) in [6, 6.07) is 6.11. The minimum absolute atomic E-state index is 0.0153. The molecule has 1 fully saturated rings. The molecule has 0 aromatic heterocycles. The zero-order chi connectivity index (χ0) is 19.1. The topological polar surface area (TPSA) is 70.7 Å². The molecule has 2 N–H and O–H groups in total. The molecule has 1 aromatic rings. The number of carbonyl (C=O) groups excluding carboxylic acids is 2. The maximum atomic E-state index is 12.2. The van der Waals surface area contributed by atoms with E-state index >= 15 is 0 Å². The molecule has 1 saturated heterocycles. The lowest BCUT2D eigenvalue weighted by molar-refractivity contribution is -0.122. The number of likely N-dealkylation sites (tertiary alicyclic amines) is 1. The number of para-hydroxylation sites is 1. The Kier molecular flexibility index (Phi) is 7.72. The molecule has 0 aliphatic carbocycles. The lowest BCUT2D eigenvalue weighted by Crippen LogP contribution is -2.42. The van der Waals surface area contributed by atoms with Crippen LogP contribution in [0, 0.1) is 6.92 Å². The average molecular weight is 382 g/mol. The zero-order valence-electron chi connectivity index (χ0n) is 15.7. The fourth-order valence-corrected chi connectivity index (χ4v) is 3.55. The fraction of sp³-hybridized carbons (Fsp3) is 0.579. The van der Waals surface area contributed by atoms with Crippen LogP contribution < -0.4 is 15.4 Å². The SMILES string of the molecule is CC(=O)NC[C@H]1CC[C@@H](CC(=O)NCCOc2c(C)cccc2Cl)N1C. The van der Waals surface area contributed by atoms with Gasteiger partial charge < -0.3 is 15.4 Å². The highest BCUT2D eigenvalue weighted by Gasteiger charge is 2.31. The van der Waals surface area contributed by atoms with Gasteiger partial charge in [-0.15, -0.1) is 0 Å². The van der Waals surface area contributed by atoms with Crippen LogP contribution in [0.3, 0.4) is 0 Å². The van der Waals surface area contributed by atoms with Gasteiger partial charge in [0, 0.05) is 32.0 Å². The number of nitrogens with one attached hydrogen (secondary N) is 2. The van der Waals surface area contributed by atoms with Crippen LogP contribution in [-0.4, -0.2) is 55.5 Å². The van der Waals surface area contributed by atoms with Crippen molar-refractivity contribution in [3.63, 3.8) is 0 Å². The van der Waals surface area contributed by atoms with Crippen LogP contribution in [0.2, 0.25) is 5.02 Å². The number of hydrogen-bond donors (Lipinski definition) is 2. The molecule has 1 heterocycles. The molecule has 0 spiro atoms. The molecule has 2 rings (SSSR count). The third kappa shape index (κ3) is 5.88. The van der Waals surface area contributed by atoms with Crippen LogP contribution >= 0.6 is 11.6 Å². The Bertz CT molecular complexity index is 618. The molecule has 0 radical (unpaired) electrons. The summed E-state index contributed by atoms with van der Waals surface area (Å²) < 4.78 is 5.68. The summed E-state index contributed by atoms with van der Waals surface area (Å²) in [7, 11) is 2.01. The molecule has 0 bridgehead atoms. The highest BCUT2D eigenvalue weighted by molar-refractivity contribution is 6.32. The second-order valence-electron chi connectivity index (χ2n) is 6.78. The maximum absolute atomic E-state index is 12.2. The molecule has 0 saturated carbocycles. The first-order valence-corrected chi connectivity index (χ1v) is 9.37. The normalized spacial score (nSPS) is 20.0. The Balaban J connectivity index is 1.68. The van der Waals surface area contributed by atoms with Crippen molar-refractivity contribution >= 4 is 23.4 Å².